The first-order valence-electron chi connectivity index (χ1n) is 11.5. The van der Waals surface area contributed by atoms with Gasteiger partial charge in [-0.3, -0.25) is 4.90 Å². The number of carbonyl (C=O) groups is 1. The number of anilines is 3. The number of nitrogens with one attached hydrogen (secondary N) is 1. The molecule has 1 unspecified atom stereocenters. The Hall–Kier alpha value is -3.53. The summed E-state index contributed by atoms with van der Waals surface area (Å²) in [7, 11) is 0. The van der Waals surface area contributed by atoms with Gasteiger partial charge in [0, 0.05) is 66.6 Å². The van der Waals surface area contributed by atoms with Crippen molar-refractivity contribution in [1.82, 2.24) is 24.8 Å². The van der Waals surface area contributed by atoms with Crippen LogP contribution in [-0.4, -0.2) is 70.4 Å². The van der Waals surface area contributed by atoms with Crippen LogP contribution in [0.25, 0.3) is 17.3 Å². The van der Waals surface area contributed by atoms with Crippen LogP contribution in [0.4, 0.5) is 17.5 Å². The van der Waals surface area contributed by atoms with Crippen molar-refractivity contribution in [2.24, 2.45) is 0 Å². The first kappa shape index (κ1) is 23.2. The van der Waals surface area contributed by atoms with Crippen molar-refractivity contribution in [3.63, 3.8) is 0 Å². The number of morpholine rings is 1. The number of rotatable bonds is 7. The van der Waals surface area contributed by atoms with E-state index in [1.165, 1.54) is 0 Å². The number of hydrogen-bond donors (Lipinski definition) is 2. The molecule has 180 valence electrons. The number of nitrogens with zero attached hydrogens (tertiary/aromatic N) is 5. The van der Waals surface area contributed by atoms with Gasteiger partial charge in [0.2, 0.25) is 5.95 Å². The normalized spacial score (nSPS) is 17.7. The molecule has 0 spiro atoms. The Morgan fingerprint density at radius 2 is 1.97 bits per heavy atom. The number of fused-ring (bicyclic) bond motifs is 1. The number of benzene rings is 1. The molecule has 9 nitrogen and oxygen atoms in total. The second kappa shape index (κ2) is 10.4. The Morgan fingerprint density at radius 3 is 2.71 bits per heavy atom. The summed E-state index contributed by atoms with van der Waals surface area (Å²) in [6.07, 6.45) is 8.24. The van der Waals surface area contributed by atoms with E-state index in [1.54, 1.807) is 12.4 Å². The molecule has 1 fully saturated rings. The molecular formula is C25H26ClN7O2. The van der Waals surface area contributed by atoms with Crippen LogP contribution in [0.5, 0.6) is 0 Å². The zero-order chi connectivity index (χ0) is 24.2. The van der Waals surface area contributed by atoms with Crippen LogP contribution >= 0.6 is 11.6 Å². The highest BCUT2D eigenvalue weighted by atomic mass is 35.5. The zero-order valence-electron chi connectivity index (χ0n) is 19.1. The van der Waals surface area contributed by atoms with Crippen molar-refractivity contribution in [3.05, 3.63) is 65.1 Å². The standard InChI is InChI=1S/C25H26ClN7O2/c26-19-2-1-3-20(13-19)30-24-23-17(12-21(31-24)18-14-28-25(27)29-15-18)4-5-33(22(23)16-34)7-6-32-8-10-35-11-9-32/h1-5,12-16,22H,6-11H2,(H,30,31)(H2,27,28,29). The van der Waals surface area contributed by atoms with Crippen LogP contribution in [0.1, 0.15) is 17.2 Å². The van der Waals surface area contributed by atoms with Gasteiger partial charge in [-0.2, -0.15) is 0 Å². The largest absolute Gasteiger partial charge is 0.379 e. The maximum atomic E-state index is 12.4. The summed E-state index contributed by atoms with van der Waals surface area (Å²) >= 11 is 6.21. The van der Waals surface area contributed by atoms with Crippen molar-refractivity contribution in [2.45, 2.75) is 6.04 Å². The van der Waals surface area contributed by atoms with Gasteiger partial charge in [-0.05, 0) is 35.9 Å². The van der Waals surface area contributed by atoms with E-state index in [0.29, 0.717) is 23.1 Å². The van der Waals surface area contributed by atoms with Gasteiger partial charge in [-0.1, -0.05) is 17.7 Å². The number of nitrogen functional groups attached to an aromatic ring is 1. The molecule has 1 saturated heterocycles. The van der Waals surface area contributed by atoms with Gasteiger partial charge in [0.25, 0.3) is 0 Å². The fourth-order valence-electron chi connectivity index (χ4n) is 4.32. The highest BCUT2D eigenvalue weighted by Gasteiger charge is 2.28. The van der Waals surface area contributed by atoms with Gasteiger partial charge >= 0.3 is 0 Å². The van der Waals surface area contributed by atoms with Gasteiger partial charge < -0.3 is 25.5 Å². The molecule has 3 aromatic rings. The topological polar surface area (TPSA) is 110 Å². The molecule has 5 rings (SSSR count). The molecule has 0 radical (unpaired) electrons. The molecule has 10 heteroatoms. The van der Waals surface area contributed by atoms with Crippen LogP contribution in [-0.2, 0) is 9.53 Å². The third-order valence-corrected chi connectivity index (χ3v) is 6.39. The number of aromatic nitrogens is 3. The lowest BCUT2D eigenvalue weighted by Crippen LogP contribution is -2.41. The smallest absolute Gasteiger partial charge is 0.219 e. The zero-order valence-corrected chi connectivity index (χ0v) is 19.9. The molecule has 1 aromatic carbocycles. The first-order chi connectivity index (χ1) is 17.1. The highest BCUT2D eigenvalue weighted by Crippen LogP contribution is 2.37. The van der Waals surface area contributed by atoms with Gasteiger partial charge in [0.1, 0.15) is 18.1 Å². The maximum absolute atomic E-state index is 12.4. The quantitative estimate of drug-likeness (QED) is 0.480. The van der Waals surface area contributed by atoms with Crippen molar-refractivity contribution in [3.8, 4) is 11.3 Å². The third-order valence-electron chi connectivity index (χ3n) is 6.15. The molecule has 0 amide bonds. The van der Waals surface area contributed by atoms with Crippen molar-refractivity contribution in [1.29, 1.82) is 0 Å². The Kier molecular flexibility index (Phi) is 6.89. The predicted octanol–water partition coefficient (Wildman–Crippen LogP) is 3.38. The van der Waals surface area contributed by atoms with Crippen molar-refractivity contribution < 1.29 is 9.53 Å². The number of ether oxygens (including phenoxy) is 1. The van der Waals surface area contributed by atoms with Gasteiger partial charge in [0.15, 0.2) is 0 Å². The Bertz CT molecular complexity index is 1230. The fourth-order valence-corrected chi connectivity index (χ4v) is 4.51. The second-order valence-electron chi connectivity index (χ2n) is 8.41. The molecule has 4 heterocycles. The van der Waals surface area contributed by atoms with Crippen molar-refractivity contribution in [2.75, 3.05) is 50.4 Å². The van der Waals surface area contributed by atoms with Crippen LogP contribution in [0.3, 0.4) is 0 Å². The number of pyridine rings is 1. The maximum Gasteiger partial charge on any atom is 0.219 e. The van der Waals surface area contributed by atoms with Crippen LogP contribution < -0.4 is 11.1 Å². The second-order valence-corrected chi connectivity index (χ2v) is 8.85. The van der Waals surface area contributed by atoms with E-state index in [2.05, 4.69) is 25.1 Å². The number of aldehydes is 1. The molecule has 0 bridgehead atoms. The first-order valence-corrected chi connectivity index (χ1v) is 11.8. The van der Waals surface area contributed by atoms with E-state index in [9.17, 15) is 4.79 Å². The average molecular weight is 492 g/mol. The summed E-state index contributed by atoms with van der Waals surface area (Å²) in [6, 6.07) is 8.85. The summed E-state index contributed by atoms with van der Waals surface area (Å²) in [5.74, 6) is 0.773. The number of hydrogen-bond acceptors (Lipinski definition) is 9. The Morgan fingerprint density at radius 1 is 1.17 bits per heavy atom. The molecule has 2 aliphatic heterocycles. The van der Waals surface area contributed by atoms with Gasteiger partial charge in [-0.25, -0.2) is 15.0 Å². The minimum absolute atomic E-state index is 0.195. The third kappa shape index (κ3) is 5.27. The van der Waals surface area contributed by atoms with Crippen molar-refractivity contribution >= 4 is 41.4 Å². The lowest BCUT2D eigenvalue weighted by molar-refractivity contribution is -0.112. The van der Waals surface area contributed by atoms with E-state index in [0.717, 1.165) is 61.5 Å². The summed E-state index contributed by atoms with van der Waals surface area (Å²) < 4.78 is 5.45. The fraction of sp³-hybridized carbons (Fsp3) is 0.280. The monoisotopic (exact) mass is 491 g/mol. The molecule has 3 N–H and O–H groups in total. The molecule has 0 aliphatic carbocycles. The van der Waals surface area contributed by atoms with Gasteiger partial charge in [-0.15, -0.1) is 0 Å². The lowest BCUT2D eigenvalue weighted by Gasteiger charge is -2.35. The molecule has 35 heavy (non-hydrogen) atoms. The summed E-state index contributed by atoms with van der Waals surface area (Å²) in [5, 5.41) is 3.98. The lowest BCUT2D eigenvalue weighted by atomic mass is 9.95. The van der Waals surface area contributed by atoms with E-state index in [4.69, 9.17) is 27.1 Å². The summed E-state index contributed by atoms with van der Waals surface area (Å²) in [4.78, 5) is 29.9. The van der Waals surface area contributed by atoms with Gasteiger partial charge in [0.05, 0.1) is 18.9 Å². The minimum Gasteiger partial charge on any atom is -0.379 e. The molecule has 0 saturated carbocycles. The summed E-state index contributed by atoms with van der Waals surface area (Å²) in [6.45, 7) is 4.84. The number of nitrogens with two attached hydrogens (primary N) is 1. The van der Waals surface area contributed by atoms with Crippen LogP contribution in [0.2, 0.25) is 5.02 Å². The van der Waals surface area contributed by atoms with E-state index in [1.807, 2.05) is 42.6 Å². The Balaban J connectivity index is 1.51. The number of halogens is 1. The van der Waals surface area contributed by atoms with E-state index in [-0.39, 0.29) is 5.95 Å². The van der Waals surface area contributed by atoms with Crippen LogP contribution in [0.15, 0.2) is 48.9 Å². The minimum atomic E-state index is -0.484. The average Bonchev–Trinajstić information content (AvgIpc) is 2.88. The molecule has 2 aliphatic rings. The Labute approximate surface area is 208 Å². The molecular weight excluding hydrogens is 466 g/mol. The summed E-state index contributed by atoms with van der Waals surface area (Å²) in [5.41, 5.74) is 9.54. The SMILES string of the molecule is Nc1ncc(-c2cc3c(c(Nc4cccc(Cl)c4)n2)C(C=O)N(CCN2CCOCC2)C=C3)cn1. The predicted molar refractivity (Wildman–Crippen MR) is 136 cm³/mol. The molecule has 1 atom stereocenters. The number of carbonyl (C=O) groups excluding carboxylic acids is 1. The highest BCUT2D eigenvalue weighted by molar-refractivity contribution is 6.30. The molecule has 2 aromatic heterocycles. The van der Waals surface area contributed by atoms with E-state index < -0.39 is 6.04 Å². The van der Waals surface area contributed by atoms with E-state index >= 15 is 0 Å². The van der Waals surface area contributed by atoms with Crippen LogP contribution in [0, 0.1) is 0 Å².